The summed E-state index contributed by atoms with van der Waals surface area (Å²) in [5, 5.41) is 19.1. The van der Waals surface area contributed by atoms with Crippen molar-refractivity contribution in [1.82, 2.24) is 0 Å². The number of hydrogen-bond acceptors (Lipinski definition) is 2. The first kappa shape index (κ1) is 15.3. The van der Waals surface area contributed by atoms with Gasteiger partial charge in [0.1, 0.15) is 0 Å². The molecule has 2 nitrogen and oxygen atoms in total. The zero-order valence-electron chi connectivity index (χ0n) is 10.5. The summed E-state index contributed by atoms with van der Waals surface area (Å²) in [4.78, 5) is 0. The Morgan fingerprint density at radius 1 is 0.895 bits per heavy atom. The Bertz CT molecular complexity index is 465. The van der Waals surface area contributed by atoms with Crippen LogP contribution in [-0.4, -0.2) is 37.3 Å². The molecule has 0 aliphatic heterocycles. The van der Waals surface area contributed by atoms with Crippen LogP contribution in [0.1, 0.15) is 0 Å². The summed E-state index contributed by atoms with van der Waals surface area (Å²) in [6.45, 7) is -0.165. The van der Waals surface area contributed by atoms with Gasteiger partial charge in [-0.2, -0.15) is 0 Å². The topological polar surface area (TPSA) is 40.5 Å². The molecule has 2 aromatic carbocycles. The van der Waals surface area contributed by atoms with E-state index in [2.05, 4.69) is 42.9 Å². The molecule has 100 valence electrons. The van der Waals surface area contributed by atoms with E-state index in [1.54, 1.807) is 0 Å². The van der Waals surface area contributed by atoms with Crippen LogP contribution in [0.15, 0.2) is 60.7 Å². The summed E-state index contributed by atoms with van der Waals surface area (Å²) in [6, 6.07) is 20.8. The van der Waals surface area contributed by atoms with Crippen molar-refractivity contribution in [1.29, 1.82) is 0 Å². The van der Waals surface area contributed by atoms with Crippen LogP contribution in [0.2, 0.25) is 4.44 Å². The number of halogens is 1. The molecule has 1 unspecified atom stereocenters. The fourth-order valence-electron chi connectivity index (χ4n) is 2.20. The van der Waals surface area contributed by atoms with E-state index >= 15 is 0 Å². The summed E-state index contributed by atoms with van der Waals surface area (Å²) in [5.74, 6) is 0. The van der Waals surface area contributed by atoms with Crippen molar-refractivity contribution in [2.45, 2.75) is 10.5 Å². The number of aliphatic hydroxyl groups is 2. The van der Waals surface area contributed by atoms with Crippen LogP contribution in [0.4, 0.5) is 0 Å². The van der Waals surface area contributed by atoms with Crippen LogP contribution < -0.4 is 7.16 Å². The second-order valence-electron chi connectivity index (χ2n) is 4.57. The van der Waals surface area contributed by atoms with Crippen molar-refractivity contribution < 1.29 is 10.2 Å². The predicted octanol–water partition coefficient (Wildman–Crippen LogP) is 1.53. The van der Waals surface area contributed by atoms with Gasteiger partial charge in [-0.25, -0.2) is 0 Å². The van der Waals surface area contributed by atoms with Gasteiger partial charge in [-0.15, -0.1) is 0 Å². The fraction of sp³-hybridized carbons (Fsp3) is 0.200. The van der Waals surface area contributed by atoms with Gasteiger partial charge in [0.15, 0.2) is 0 Å². The Balaban J connectivity index is 2.44. The molecule has 19 heavy (non-hydrogen) atoms. The van der Waals surface area contributed by atoms with Gasteiger partial charge in [0.2, 0.25) is 0 Å². The van der Waals surface area contributed by atoms with Gasteiger partial charge in [-0.3, -0.25) is 0 Å². The molecule has 0 aromatic heterocycles. The van der Waals surface area contributed by atoms with Crippen molar-refractivity contribution in [3.8, 4) is 0 Å². The zero-order chi connectivity index (χ0) is 13.7. The first-order valence-electron chi connectivity index (χ1n) is 6.25. The van der Waals surface area contributed by atoms with Crippen LogP contribution in [0.5, 0.6) is 0 Å². The van der Waals surface area contributed by atoms with E-state index in [9.17, 15) is 10.2 Å². The van der Waals surface area contributed by atoms with E-state index in [0.29, 0.717) is 4.44 Å². The first-order valence-corrected chi connectivity index (χ1v) is 19.4. The van der Waals surface area contributed by atoms with Crippen LogP contribution in [-0.2, 0) is 0 Å². The molecule has 0 amide bonds. The quantitative estimate of drug-likeness (QED) is 0.510. The monoisotopic (exact) mass is 476 g/mol. The average Bonchev–Trinajstić information content (AvgIpc) is 2.48. The molecular weight excluding hydrogens is 458 g/mol. The van der Waals surface area contributed by atoms with Gasteiger partial charge in [-0.05, 0) is 0 Å². The molecule has 0 fully saturated rings. The normalized spacial score (nSPS) is 13.2. The Kier molecular flexibility index (Phi) is 5.68. The Morgan fingerprint density at radius 3 is 1.68 bits per heavy atom. The molecular formula is C15H17IO2Sn. The molecule has 0 saturated carbocycles. The molecule has 0 spiro atoms. The van der Waals surface area contributed by atoms with E-state index in [0.717, 1.165) is 0 Å². The van der Waals surface area contributed by atoms with Crippen molar-refractivity contribution in [3.05, 3.63) is 60.7 Å². The minimum absolute atomic E-state index is 0.165. The van der Waals surface area contributed by atoms with Gasteiger partial charge >= 0.3 is 128 Å². The maximum atomic E-state index is 9.91. The van der Waals surface area contributed by atoms with Gasteiger partial charge in [0, 0.05) is 0 Å². The van der Waals surface area contributed by atoms with E-state index in [1.807, 2.05) is 36.4 Å². The summed E-state index contributed by atoms with van der Waals surface area (Å²) >= 11 is -0.309. The second kappa shape index (κ2) is 7.06. The number of benzene rings is 2. The number of hydrogen-bond donors (Lipinski definition) is 2. The third-order valence-corrected chi connectivity index (χ3v) is 24.6. The molecule has 1 atom stereocenters. The summed E-state index contributed by atoms with van der Waals surface area (Å²) in [5.41, 5.74) is 0. The molecule has 2 N–H and O–H groups in total. The summed E-state index contributed by atoms with van der Waals surface area (Å²) in [6.07, 6.45) is -0.631. The number of aliphatic hydroxyl groups excluding tert-OH is 2. The second-order valence-corrected chi connectivity index (χ2v) is 26.0. The first-order chi connectivity index (χ1) is 9.16. The molecule has 0 heterocycles. The summed E-state index contributed by atoms with van der Waals surface area (Å²) in [7, 11) is 0. The zero-order valence-corrected chi connectivity index (χ0v) is 15.5. The predicted molar refractivity (Wildman–Crippen MR) is 89.8 cm³/mol. The molecule has 2 rings (SSSR count). The van der Waals surface area contributed by atoms with Gasteiger partial charge < -0.3 is 0 Å². The third-order valence-electron chi connectivity index (χ3n) is 3.19. The van der Waals surface area contributed by atoms with E-state index in [1.165, 1.54) is 7.16 Å². The molecule has 0 saturated heterocycles. The standard InChI is InChI=1S/2C6H5.C3H7O2.HI.Sn/c2*1-2-4-6-5-3-1;1-3(5)2-4;;/h2*1-5H;3-5H,1-2H2;1H;/q;;;;+1/p-1. The van der Waals surface area contributed by atoms with Crippen molar-refractivity contribution in [3.63, 3.8) is 0 Å². The molecule has 0 aliphatic rings. The Labute approximate surface area is 127 Å². The Morgan fingerprint density at radius 2 is 1.32 bits per heavy atom. The van der Waals surface area contributed by atoms with E-state index in [4.69, 9.17) is 0 Å². The van der Waals surface area contributed by atoms with Crippen LogP contribution in [0.3, 0.4) is 0 Å². The van der Waals surface area contributed by atoms with Crippen LogP contribution in [0.25, 0.3) is 0 Å². The summed E-state index contributed by atoms with van der Waals surface area (Å²) < 4.78 is 3.38. The van der Waals surface area contributed by atoms with E-state index < -0.39 is 20.5 Å². The minimum atomic E-state index is -2.89. The van der Waals surface area contributed by atoms with Crippen LogP contribution in [0, 0.1) is 0 Å². The van der Waals surface area contributed by atoms with Gasteiger partial charge in [0.25, 0.3) is 0 Å². The van der Waals surface area contributed by atoms with Gasteiger partial charge in [-0.1, -0.05) is 0 Å². The van der Waals surface area contributed by atoms with Gasteiger partial charge in [0.05, 0.1) is 0 Å². The SMILES string of the molecule is OCC(O)[CH2][Sn]([I])([c]1ccccc1)[c]1ccccc1. The molecule has 2 aromatic rings. The maximum absolute atomic E-state index is 9.91. The third kappa shape index (κ3) is 3.71. The van der Waals surface area contributed by atoms with Crippen molar-refractivity contribution >= 4 is 40.2 Å². The molecule has 0 aliphatic carbocycles. The van der Waals surface area contributed by atoms with Crippen molar-refractivity contribution in [2.75, 3.05) is 6.61 Å². The number of rotatable bonds is 5. The fourth-order valence-corrected chi connectivity index (χ4v) is 19.1. The Hall–Kier alpha value is -0.111. The molecule has 0 radical (unpaired) electrons. The average molecular weight is 475 g/mol. The molecule has 0 bridgehead atoms. The van der Waals surface area contributed by atoms with E-state index in [-0.39, 0.29) is 6.61 Å². The molecule has 4 heteroatoms. The van der Waals surface area contributed by atoms with Crippen LogP contribution >= 0.6 is 18.6 Å². The van der Waals surface area contributed by atoms with Crippen molar-refractivity contribution in [2.24, 2.45) is 0 Å².